The van der Waals surface area contributed by atoms with E-state index in [9.17, 15) is 19.8 Å². The van der Waals surface area contributed by atoms with Gasteiger partial charge in [0.05, 0.1) is 25.2 Å². The summed E-state index contributed by atoms with van der Waals surface area (Å²) in [5, 5.41) is 23.7. The van der Waals surface area contributed by atoms with Crippen LogP contribution in [0.5, 0.6) is 0 Å². The van der Waals surface area contributed by atoms with Crippen molar-refractivity contribution in [3.05, 3.63) is 36.5 Å². The summed E-state index contributed by atoms with van der Waals surface area (Å²) in [5.74, 6) is -0.507. The Labute approximate surface area is 353 Å². The van der Waals surface area contributed by atoms with E-state index >= 15 is 0 Å². The summed E-state index contributed by atoms with van der Waals surface area (Å²) in [6.45, 7) is 6.41. The molecule has 0 rings (SSSR count). The van der Waals surface area contributed by atoms with Gasteiger partial charge in [-0.15, -0.1) is 0 Å². The lowest BCUT2D eigenvalue weighted by atomic mass is 10.0. The number of carbonyl (C=O) groups is 2. The predicted octanol–water partition coefficient (Wildman–Crippen LogP) is 14.5. The molecule has 57 heavy (non-hydrogen) atoms. The highest BCUT2D eigenvalue weighted by Crippen LogP contribution is 2.17. The molecule has 3 atom stereocenters. The molecule has 0 aliphatic rings. The van der Waals surface area contributed by atoms with Gasteiger partial charge in [-0.25, -0.2) is 0 Å². The predicted molar refractivity (Wildman–Crippen MR) is 246 cm³/mol. The number of unbranched alkanes of at least 4 members (excludes halogenated alkanes) is 27. The molecule has 0 bridgehead atoms. The van der Waals surface area contributed by atoms with Gasteiger partial charge in [-0.3, -0.25) is 9.59 Å². The molecular weight excluding hydrogens is 707 g/mol. The minimum atomic E-state index is -0.793. The van der Waals surface area contributed by atoms with Gasteiger partial charge in [-0.1, -0.05) is 205 Å². The highest BCUT2D eigenvalue weighted by atomic mass is 16.5. The fourth-order valence-electron chi connectivity index (χ4n) is 7.42. The number of ether oxygens (including phenoxy) is 1. The summed E-state index contributed by atoms with van der Waals surface area (Å²) < 4.78 is 5.90. The Morgan fingerprint density at radius 3 is 1.44 bits per heavy atom. The monoisotopic (exact) mass is 802 g/mol. The molecule has 0 aromatic carbocycles. The van der Waals surface area contributed by atoms with Crippen molar-refractivity contribution in [3.63, 3.8) is 0 Å². The molecule has 0 aromatic rings. The van der Waals surface area contributed by atoms with Gasteiger partial charge >= 0.3 is 5.97 Å². The van der Waals surface area contributed by atoms with Gasteiger partial charge in [0.15, 0.2) is 0 Å². The van der Waals surface area contributed by atoms with E-state index in [0.29, 0.717) is 19.3 Å². The van der Waals surface area contributed by atoms with Crippen molar-refractivity contribution in [1.82, 2.24) is 5.32 Å². The second kappa shape index (κ2) is 45.2. The quantitative estimate of drug-likeness (QED) is 0.0247. The van der Waals surface area contributed by atoms with E-state index < -0.39 is 18.2 Å². The van der Waals surface area contributed by atoms with Gasteiger partial charge < -0.3 is 20.3 Å². The van der Waals surface area contributed by atoms with Gasteiger partial charge in [-0.2, -0.15) is 0 Å². The van der Waals surface area contributed by atoms with Gasteiger partial charge in [0.1, 0.15) is 6.10 Å². The van der Waals surface area contributed by atoms with Crippen LogP contribution in [0.15, 0.2) is 36.5 Å². The van der Waals surface area contributed by atoms with Gasteiger partial charge in [0, 0.05) is 6.42 Å². The summed E-state index contributed by atoms with van der Waals surface area (Å²) in [6, 6.07) is -0.708. The number of carbonyl (C=O) groups excluding carboxylic acids is 2. The van der Waals surface area contributed by atoms with Crippen LogP contribution in [-0.4, -0.2) is 46.9 Å². The number of allylic oxidation sites excluding steroid dienone is 6. The molecule has 0 radical (unpaired) electrons. The summed E-state index contributed by atoms with van der Waals surface area (Å²) >= 11 is 0. The average molecular weight is 802 g/mol. The SMILES string of the molecule is CCC/C=C\CCCCCCCC(=O)OC(CCCCC/C=C/C=C/CCCCCCCCC)CC(=O)NC(CO)C(O)CCCCCCCCCCCCCC. The first-order valence-corrected chi connectivity index (χ1v) is 24.7. The van der Waals surface area contributed by atoms with E-state index in [-0.39, 0.29) is 24.9 Å². The van der Waals surface area contributed by atoms with Crippen LogP contribution in [-0.2, 0) is 14.3 Å². The average Bonchev–Trinajstić information content (AvgIpc) is 3.20. The Hall–Kier alpha value is -1.92. The third kappa shape index (κ3) is 40.6. The Balaban J connectivity index is 4.62. The number of amides is 1. The molecule has 0 spiro atoms. The van der Waals surface area contributed by atoms with Crippen LogP contribution in [0.4, 0.5) is 0 Å². The molecule has 0 saturated carbocycles. The second-order valence-corrected chi connectivity index (χ2v) is 16.9. The number of aliphatic hydroxyl groups excluding tert-OH is 2. The topological polar surface area (TPSA) is 95.9 Å². The van der Waals surface area contributed by atoms with E-state index in [0.717, 1.165) is 83.5 Å². The lowest BCUT2D eigenvalue weighted by Crippen LogP contribution is -2.46. The number of esters is 1. The van der Waals surface area contributed by atoms with Crippen molar-refractivity contribution in [2.24, 2.45) is 0 Å². The second-order valence-electron chi connectivity index (χ2n) is 16.9. The molecular formula is C51H95NO5. The number of hydrogen-bond acceptors (Lipinski definition) is 5. The summed E-state index contributed by atoms with van der Waals surface area (Å²) in [4.78, 5) is 26.0. The first-order valence-electron chi connectivity index (χ1n) is 24.7. The molecule has 6 nitrogen and oxygen atoms in total. The van der Waals surface area contributed by atoms with E-state index in [1.165, 1.54) is 122 Å². The van der Waals surface area contributed by atoms with Gasteiger partial charge in [0.2, 0.25) is 5.91 Å². The normalized spacial score (nSPS) is 13.6. The number of hydrogen-bond donors (Lipinski definition) is 3. The van der Waals surface area contributed by atoms with E-state index in [4.69, 9.17) is 4.74 Å². The minimum absolute atomic E-state index is 0.0581. The molecule has 1 amide bonds. The molecule has 3 N–H and O–H groups in total. The largest absolute Gasteiger partial charge is 0.462 e. The van der Waals surface area contributed by atoms with E-state index in [2.05, 4.69) is 62.5 Å². The Bertz CT molecular complexity index is 946. The van der Waals surface area contributed by atoms with Gasteiger partial charge in [0.25, 0.3) is 0 Å². The molecule has 0 heterocycles. The highest BCUT2D eigenvalue weighted by molar-refractivity contribution is 5.77. The van der Waals surface area contributed by atoms with E-state index in [1.54, 1.807) is 0 Å². The third-order valence-electron chi connectivity index (χ3n) is 11.2. The van der Waals surface area contributed by atoms with Crippen molar-refractivity contribution in [2.75, 3.05) is 6.61 Å². The van der Waals surface area contributed by atoms with Crippen molar-refractivity contribution >= 4 is 11.9 Å². The maximum absolute atomic E-state index is 13.2. The van der Waals surface area contributed by atoms with Crippen LogP contribution in [0.2, 0.25) is 0 Å². The van der Waals surface area contributed by atoms with Crippen LogP contribution < -0.4 is 5.32 Å². The third-order valence-corrected chi connectivity index (χ3v) is 11.2. The summed E-state index contributed by atoms with van der Waals surface area (Å²) in [6.07, 6.45) is 52.0. The lowest BCUT2D eigenvalue weighted by molar-refractivity contribution is -0.151. The standard InChI is InChI=1S/C51H95NO5/c1-4-7-10-13-16-19-22-24-25-26-27-28-30-33-36-39-42-47(57-51(56)44-41-38-35-32-21-18-15-12-9-6-3)45-50(55)52-48(46-53)49(54)43-40-37-34-31-29-23-20-17-14-11-8-5-2/h12,15,25-28,47-49,53-54H,4-11,13-14,16-24,29-46H2,1-3H3,(H,52,55)/b15-12-,26-25+,28-27+. The van der Waals surface area contributed by atoms with Crippen LogP contribution in [0, 0.1) is 0 Å². The minimum Gasteiger partial charge on any atom is -0.462 e. The summed E-state index contributed by atoms with van der Waals surface area (Å²) in [5.41, 5.74) is 0. The number of nitrogens with one attached hydrogen (secondary N) is 1. The van der Waals surface area contributed by atoms with Crippen LogP contribution in [0.3, 0.4) is 0 Å². The van der Waals surface area contributed by atoms with Crippen molar-refractivity contribution in [3.8, 4) is 0 Å². The Morgan fingerprint density at radius 1 is 0.509 bits per heavy atom. The Morgan fingerprint density at radius 2 is 0.930 bits per heavy atom. The zero-order chi connectivity index (χ0) is 41.7. The molecule has 0 saturated heterocycles. The highest BCUT2D eigenvalue weighted by Gasteiger charge is 2.24. The number of aliphatic hydroxyl groups is 2. The lowest BCUT2D eigenvalue weighted by Gasteiger charge is -2.24. The Kier molecular flexibility index (Phi) is 43.6. The first kappa shape index (κ1) is 55.1. The summed E-state index contributed by atoms with van der Waals surface area (Å²) in [7, 11) is 0. The van der Waals surface area contributed by atoms with Crippen molar-refractivity contribution in [1.29, 1.82) is 0 Å². The van der Waals surface area contributed by atoms with Crippen molar-refractivity contribution < 1.29 is 24.5 Å². The fraction of sp³-hybridized carbons (Fsp3) is 0.843. The van der Waals surface area contributed by atoms with Crippen molar-refractivity contribution in [2.45, 2.75) is 270 Å². The zero-order valence-electron chi connectivity index (χ0n) is 38.0. The molecule has 0 aliphatic carbocycles. The fourth-order valence-corrected chi connectivity index (χ4v) is 7.42. The van der Waals surface area contributed by atoms with E-state index in [1.807, 2.05) is 0 Å². The molecule has 6 heteroatoms. The van der Waals surface area contributed by atoms with Crippen LogP contribution >= 0.6 is 0 Å². The molecule has 0 fully saturated rings. The molecule has 0 aliphatic heterocycles. The van der Waals surface area contributed by atoms with Crippen LogP contribution in [0.1, 0.15) is 252 Å². The first-order chi connectivity index (χ1) is 28.0. The zero-order valence-corrected chi connectivity index (χ0v) is 38.0. The maximum Gasteiger partial charge on any atom is 0.306 e. The number of rotatable bonds is 44. The van der Waals surface area contributed by atoms with Crippen LogP contribution in [0.25, 0.3) is 0 Å². The van der Waals surface area contributed by atoms with Gasteiger partial charge in [-0.05, 0) is 70.6 Å². The molecule has 334 valence electrons. The smallest absolute Gasteiger partial charge is 0.306 e. The molecule has 3 unspecified atom stereocenters. The maximum atomic E-state index is 13.2. The molecule has 0 aromatic heterocycles.